The highest BCUT2D eigenvalue weighted by molar-refractivity contribution is 7.09. The molecule has 2 heterocycles. The summed E-state index contributed by atoms with van der Waals surface area (Å²) in [6.07, 6.45) is 1.15. The Morgan fingerprint density at radius 3 is 2.91 bits per heavy atom. The molecular weight excluding hydrogens is 317 g/mol. The van der Waals surface area contributed by atoms with Crippen LogP contribution in [-0.2, 0) is 11.3 Å². The van der Waals surface area contributed by atoms with E-state index in [9.17, 15) is 14.0 Å². The van der Waals surface area contributed by atoms with E-state index in [1.165, 1.54) is 23.1 Å². The average molecular weight is 333 g/mol. The molecule has 1 aromatic carbocycles. The minimum atomic E-state index is -0.468. The number of nitrogens with one attached hydrogen (secondary N) is 2. The molecule has 0 radical (unpaired) electrons. The summed E-state index contributed by atoms with van der Waals surface area (Å²) in [5.41, 5.74) is 0.660. The lowest BCUT2D eigenvalue weighted by molar-refractivity contribution is -0.117. The molecular formula is C16H16FN3O2S. The van der Waals surface area contributed by atoms with Crippen LogP contribution in [0.3, 0.4) is 0 Å². The van der Waals surface area contributed by atoms with Crippen molar-refractivity contribution in [3.8, 4) is 0 Å². The molecule has 1 aliphatic heterocycles. The number of carbonyl (C=O) groups is 2. The lowest BCUT2D eigenvalue weighted by Crippen LogP contribution is -2.28. The fraction of sp³-hybridized carbons (Fsp3) is 0.250. The zero-order valence-corrected chi connectivity index (χ0v) is 13.2. The summed E-state index contributed by atoms with van der Waals surface area (Å²) in [5.74, 6) is -0.562. The molecule has 7 heteroatoms. The number of anilines is 2. The van der Waals surface area contributed by atoms with Crippen molar-refractivity contribution < 1.29 is 14.0 Å². The van der Waals surface area contributed by atoms with Crippen molar-refractivity contribution >= 4 is 34.6 Å². The molecule has 1 saturated heterocycles. The van der Waals surface area contributed by atoms with Gasteiger partial charge < -0.3 is 15.5 Å². The second-order valence-corrected chi connectivity index (χ2v) is 6.23. The SMILES string of the molecule is O=C(NCc1cccs1)Nc1ccc(F)c(N2CCCC2=O)c1. The smallest absolute Gasteiger partial charge is 0.319 e. The molecule has 2 N–H and O–H groups in total. The Morgan fingerprint density at radius 2 is 2.22 bits per heavy atom. The van der Waals surface area contributed by atoms with Crippen LogP contribution in [0.1, 0.15) is 17.7 Å². The van der Waals surface area contributed by atoms with Crippen molar-refractivity contribution in [2.24, 2.45) is 0 Å². The first kappa shape index (κ1) is 15.5. The third-order valence-corrected chi connectivity index (χ3v) is 4.45. The lowest BCUT2D eigenvalue weighted by Gasteiger charge is -2.17. The Morgan fingerprint density at radius 1 is 1.35 bits per heavy atom. The summed E-state index contributed by atoms with van der Waals surface area (Å²) < 4.78 is 13.9. The first-order valence-corrected chi connectivity index (χ1v) is 8.18. The van der Waals surface area contributed by atoms with Gasteiger partial charge in [0.25, 0.3) is 0 Å². The van der Waals surface area contributed by atoms with Crippen LogP contribution in [0, 0.1) is 5.82 Å². The number of hydrogen-bond donors (Lipinski definition) is 2. The third-order valence-electron chi connectivity index (χ3n) is 3.57. The lowest BCUT2D eigenvalue weighted by atomic mass is 10.2. The molecule has 0 unspecified atom stereocenters. The maximum atomic E-state index is 13.9. The molecule has 0 saturated carbocycles. The van der Waals surface area contributed by atoms with E-state index in [1.54, 1.807) is 11.3 Å². The molecule has 0 spiro atoms. The van der Waals surface area contributed by atoms with E-state index < -0.39 is 5.82 Å². The van der Waals surface area contributed by atoms with Crippen LogP contribution in [0.15, 0.2) is 35.7 Å². The number of hydrogen-bond acceptors (Lipinski definition) is 3. The van der Waals surface area contributed by atoms with E-state index in [-0.39, 0.29) is 17.6 Å². The predicted octanol–water partition coefficient (Wildman–Crippen LogP) is 3.34. The van der Waals surface area contributed by atoms with Crippen molar-refractivity contribution in [3.05, 3.63) is 46.4 Å². The fourth-order valence-electron chi connectivity index (χ4n) is 2.46. The highest BCUT2D eigenvalue weighted by Gasteiger charge is 2.24. The molecule has 0 aliphatic carbocycles. The fourth-order valence-corrected chi connectivity index (χ4v) is 3.10. The van der Waals surface area contributed by atoms with Gasteiger partial charge >= 0.3 is 6.03 Å². The van der Waals surface area contributed by atoms with Gasteiger partial charge in [-0.15, -0.1) is 11.3 Å². The summed E-state index contributed by atoms with van der Waals surface area (Å²) in [5, 5.41) is 7.33. The second kappa shape index (κ2) is 6.78. The van der Waals surface area contributed by atoms with Crippen LogP contribution in [0.2, 0.25) is 0 Å². The van der Waals surface area contributed by atoms with Gasteiger partial charge in [0.2, 0.25) is 5.91 Å². The summed E-state index contributed by atoms with van der Waals surface area (Å²) >= 11 is 1.56. The topological polar surface area (TPSA) is 61.4 Å². The summed E-state index contributed by atoms with van der Waals surface area (Å²) in [4.78, 5) is 26.1. The summed E-state index contributed by atoms with van der Waals surface area (Å²) in [7, 11) is 0. The predicted molar refractivity (Wildman–Crippen MR) is 88.2 cm³/mol. The van der Waals surface area contributed by atoms with E-state index in [0.29, 0.717) is 25.2 Å². The first-order valence-electron chi connectivity index (χ1n) is 7.30. The monoisotopic (exact) mass is 333 g/mol. The zero-order valence-electron chi connectivity index (χ0n) is 12.3. The Bertz CT molecular complexity index is 718. The van der Waals surface area contributed by atoms with Crippen LogP contribution in [0.25, 0.3) is 0 Å². The largest absolute Gasteiger partial charge is 0.333 e. The van der Waals surface area contributed by atoms with Gasteiger partial charge in [-0.3, -0.25) is 4.79 Å². The van der Waals surface area contributed by atoms with Gasteiger partial charge in [-0.25, -0.2) is 9.18 Å². The molecule has 3 amide bonds. The second-order valence-electron chi connectivity index (χ2n) is 5.20. The maximum absolute atomic E-state index is 13.9. The van der Waals surface area contributed by atoms with Gasteiger partial charge in [0.1, 0.15) is 5.82 Å². The molecule has 1 aromatic heterocycles. The molecule has 0 atom stereocenters. The van der Waals surface area contributed by atoms with Gasteiger partial charge in [0.05, 0.1) is 12.2 Å². The summed E-state index contributed by atoms with van der Waals surface area (Å²) in [6, 6.07) is 7.70. The Hall–Kier alpha value is -2.41. The van der Waals surface area contributed by atoms with Crippen molar-refractivity contribution in [2.75, 3.05) is 16.8 Å². The van der Waals surface area contributed by atoms with Crippen molar-refractivity contribution in [1.82, 2.24) is 5.32 Å². The molecule has 0 bridgehead atoms. The van der Waals surface area contributed by atoms with E-state index in [4.69, 9.17) is 0 Å². The van der Waals surface area contributed by atoms with Crippen LogP contribution in [0.5, 0.6) is 0 Å². The molecule has 1 fully saturated rings. The van der Waals surface area contributed by atoms with Gasteiger partial charge in [0.15, 0.2) is 0 Å². The number of carbonyl (C=O) groups excluding carboxylic acids is 2. The van der Waals surface area contributed by atoms with Crippen LogP contribution in [-0.4, -0.2) is 18.5 Å². The zero-order chi connectivity index (χ0) is 16.2. The number of thiophene rings is 1. The summed E-state index contributed by atoms with van der Waals surface area (Å²) in [6.45, 7) is 0.936. The van der Waals surface area contributed by atoms with Crippen LogP contribution >= 0.6 is 11.3 Å². The van der Waals surface area contributed by atoms with Crippen LogP contribution in [0.4, 0.5) is 20.6 Å². The van der Waals surface area contributed by atoms with E-state index in [2.05, 4.69) is 10.6 Å². The molecule has 2 aromatic rings. The number of benzene rings is 1. The molecule has 1 aliphatic rings. The van der Waals surface area contributed by atoms with Crippen molar-refractivity contribution in [2.45, 2.75) is 19.4 Å². The van der Waals surface area contributed by atoms with Crippen molar-refractivity contribution in [1.29, 1.82) is 0 Å². The first-order chi connectivity index (χ1) is 11.1. The highest BCUT2D eigenvalue weighted by atomic mass is 32.1. The number of nitrogens with zero attached hydrogens (tertiary/aromatic N) is 1. The van der Waals surface area contributed by atoms with Gasteiger partial charge in [-0.2, -0.15) is 0 Å². The van der Waals surface area contributed by atoms with Crippen molar-refractivity contribution in [3.63, 3.8) is 0 Å². The minimum absolute atomic E-state index is 0.0943. The van der Waals surface area contributed by atoms with E-state index >= 15 is 0 Å². The quantitative estimate of drug-likeness (QED) is 0.901. The molecule has 5 nitrogen and oxygen atoms in total. The van der Waals surface area contributed by atoms with E-state index in [0.717, 1.165) is 11.3 Å². The Balaban J connectivity index is 1.65. The Kier molecular flexibility index (Phi) is 4.57. The molecule has 120 valence electrons. The number of urea groups is 1. The highest BCUT2D eigenvalue weighted by Crippen LogP contribution is 2.27. The van der Waals surface area contributed by atoms with E-state index in [1.807, 2.05) is 17.5 Å². The normalized spacial score (nSPS) is 14.1. The number of halogens is 1. The number of amides is 3. The Labute approximate surface area is 137 Å². The van der Waals surface area contributed by atoms with Gasteiger partial charge in [0, 0.05) is 23.5 Å². The third kappa shape index (κ3) is 3.68. The van der Waals surface area contributed by atoms with Crippen LogP contribution < -0.4 is 15.5 Å². The average Bonchev–Trinajstić information content (AvgIpc) is 3.19. The maximum Gasteiger partial charge on any atom is 0.319 e. The van der Waals surface area contributed by atoms with Gasteiger partial charge in [-0.1, -0.05) is 6.07 Å². The minimum Gasteiger partial charge on any atom is -0.333 e. The standard InChI is InChI=1S/C16H16FN3O2S/c17-13-6-5-11(9-14(13)20-7-1-4-15(20)21)19-16(22)18-10-12-3-2-8-23-12/h2-3,5-6,8-9H,1,4,7,10H2,(H2,18,19,22). The van der Waals surface area contributed by atoms with Gasteiger partial charge in [-0.05, 0) is 36.1 Å². The molecule has 3 rings (SSSR count). The molecule has 23 heavy (non-hydrogen) atoms. The number of rotatable bonds is 4.